The maximum absolute atomic E-state index is 8.68. The van der Waals surface area contributed by atoms with Crippen molar-refractivity contribution >= 4 is 11.6 Å². The number of halogens is 1. The van der Waals surface area contributed by atoms with Gasteiger partial charge in [0, 0.05) is 12.6 Å². The zero-order valence-electron chi connectivity index (χ0n) is 9.09. The van der Waals surface area contributed by atoms with Gasteiger partial charge in [-0.25, -0.2) is 0 Å². The molecule has 86 valence electrons. The maximum atomic E-state index is 8.68. The van der Waals surface area contributed by atoms with Crippen LogP contribution >= 0.6 is 11.6 Å². The van der Waals surface area contributed by atoms with Crippen LogP contribution in [-0.4, -0.2) is 15.1 Å². The van der Waals surface area contributed by atoms with Crippen LogP contribution < -0.4 is 0 Å². The lowest BCUT2D eigenvalue weighted by atomic mass is 10.1. The summed E-state index contributed by atoms with van der Waals surface area (Å²) in [6.45, 7) is 1.80. The van der Waals surface area contributed by atoms with Gasteiger partial charge in [0.05, 0.1) is 17.0 Å². The maximum Gasteiger partial charge on any atom is 0.228 e. The summed E-state index contributed by atoms with van der Waals surface area (Å²) in [6, 6.07) is 5.53. The van der Waals surface area contributed by atoms with E-state index in [4.69, 9.17) is 21.4 Å². The summed E-state index contributed by atoms with van der Waals surface area (Å²) in [5, 5.41) is 13.0. The Balaban J connectivity index is 2.18. The van der Waals surface area contributed by atoms with Crippen LogP contribution in [0.15, 0.2) is 22.9 Å². The fourth-order valence-corrected chi connectivity index (χ4v) is 1.37. The average molecular weight is 249 g/mol. The van der Waals surface area contributed by atoms with Crippen molar-refractivity contribution in [3.63, 3.8) is 0 Å². The number of pyridine rings is 1. The Labute approximate surface area is 103 Å². The minimum Gasteiger partial charge on any atom is -0.339 e. The molecule has 0 bridgehead atoms. The molecule has 2 aromatic rings. The first-order chi connectivity index (χ1) is 8.19. The van der Waals surface area contributed by atoms with E-state index in [1.54, 1.807) is 19.1 Å². The standard InChI is InChI=1S/C11H9ClN4O/c1-7(5-13)4-10-15-11(16-17-10)9-3-2-8(12)6-14-9/h2-3,6-7H,4H2,1H3. The number of rotatable bonds is 3. The molecular weight excluding hydrogens is 240 g/mol. The smallest absolute Gasteiger partial charge is 0.228 e. The summed E-state index contributed by atoms with van der Waals surface area (Å²) in [5.74, 6) is 0.689. The van der Waals surface area contributed by atoms with Crippen molar-refractivity contribution in [1.82, 2.24) is 15.1 Å². The highest BCUT2D eigenvalue weighted by atomic mass is 35.5. The Morgan fingerprint density at radius 2 is 2.35 bits per heavy atom. The number of aromatic nitrogens is 3. The van der Waals surface area contributed by atoms with E-state index in [9.17, 15) is 0 Å². The molecule has 0 radical (unpaired) electrons. The molecule has 1 atom stereocenters. The van der Waals surface area contributed by atoms with Crippen molar-refractivity contribution in [3.8, 4) is 17.6 Å². The molecule has 0 spiro atoms. The topological polar surface area (TPSA) is 75.6 Å². The van der Waals surface area contributed by atoms with Crippen LogP contribution in [-0.2, 0) is 6.42 Å². The monoisotopic (exact) mass is 248 g/mol. The van der Waals surface area contributed by atoms with Crippen LogP contribution in [0.5, 0.6) is 0 Å². The van der Waals surface area contributed by atoms with Gasteiger partial charge in [-0.1, -0.05) is 16.8 Å². The van der Waals surface area contributed by atoms with Gasteiger partial charge < -0.3 is 4.52 Å². The van der Waals surface area contributed by atoms with Crippen LogP contribution in [0.4, 0.5) is 0 Å². The molecule has 0 aliphatic heterocycles. The molecular formula is C11H9ClN4O. The van der Waals surface area contributed by atoms with Gasteiger partial charge in [0.2, 0.25) is 11.7 Å². The minimum absolute atomic E-state index is 0.151. The minimum atomic E-state index is -0.151. The van der Waals surface area contributed by atoms with E-state index in [2.05, 4.69) is 21.2 Å². The molecule has 0 amide bonds. The Kier molecular flexibility index (Phi) is 3.35. The lowest BCUT2D eigenvalue weighted by molar-refractivity contribution is 0.369. The summed E-state index contributed by atoms with van der Waals surface area (Å²) >= 11 is 5.73. The molecule has 0 aliphatic carbocycles. The molecule has 17 heavy (non-hydrogen) atoms. The summed E-state index contributed by atoms with van der Waals surface area (Å²) < 4.78 is 5.04. The van der Waals surface area contributed by atoms with Gasteiger partial charge in [-0.2, -0.15) is 10.2 Å². The van der Waals surface area contributed by atoms with E-state index in [0.717, 1.165) is 0 Å². The highest BCUT2D eigenvalue weighted by molar-refractivity contribution is 6.30. The van der Waals surface area contributed by atoms with Crippen molar-refractivity contribution in [1.29, 1.82) is 5.26 Å². The van der Waals surface area contributed by atoms with Crippen molar-refractivity contribution in [2.45, 2.75) is 13.3 Å². The third-order valence-corrected chi connectivity index (χ3v) is 2.35. The van der Waals surface area contributed by atoms with E-state index in [0.29, 0.717) is 28.9 Å². The molecule has 2 rings (SSSR count). The van der Waals surface area contributed by atoms with Crippen LogP contribution in [0.3, 0.4) is 0 Å². The largest absolute Gasteiger partial charge is 0.339 e. The second-order valence-electron chi connectivity index (χ2n) is 3.61. The van der Waals surface area contributed by atoms with E-state index in [1.165, 1.54) is 6.20 Å². The molecule has 6 heteroatoms. The molecule has 0 aromatic carbocycles. The van der Waals surface area contributed by atoms with Gasteiger partial charge in [-0.3, -0.25) is 4.98 Å². The average Bonchev–Trinajstić information content (AvgIpc) is 2.78. The number of nitrogens with zero attached hydrogens (tertiary/aromatic N) is 4. The number of hydrogen-bond donors (Lipinski definition) is 0. The van der Waals surface area contributed by atoms with Gasteiger partial charge in [-0.05, 0) is 19.1 Å². The van der Waals surface area contributed by atoms with E-state index in [1.807, 2.05) is 0 Å². The van der Waals surface area contributed by atoms with Gasteiger partial charge in [0.25, 0.3) is 0 Å². The lowest BCUT2D eigenvalue weighted by Crippen LogP contribution is -1.96. The van der Waals surface area contributed by atoms with Crippen molar-refractivity contribution in [3.05, 3.63) is 29.2 Å². The molecule has 0 fully saturated rings. The van der Waals surface area contributed by atoms with Gasteiger partial charge in [0.1, 0.15) is 5.69 Å². The Hall–Kier alpha value is -1.93. The van der Waals surface area contributed by atoms with Crippen LogP contribution in [0.2, 0.25) is 5.02 Å². The fraction of sp³-hybridized carbons (Fsp3) is 0.273. The van der Waals surface area contributed by atoms with Crippen molar-refractivity contribution < 1.29 is 4.52 Å². The zero-order chi connectivity index (χ0) is 12.3. The summed E-state index contributed by atoms with van der Waals surface area (Å²) in [4.78, 5) is 8.24. The third kappa shape index (κ3) is 2.80. The molecule has 0 saturated heterocycles. The summed E-state index contributed by atoms with van der Waals surface area (Å²) in [6.07, 6.45) is 1.96. The van der Waals surface area contributed by atoms with Gasteiger partial charge in [-0.15, -0.1) is 0 Å². The first-order valence-corrected chi connectivity index (χ1v) is 5.41. The van der Waals surface area contributed by atoms with Crippen LogP contribution in [0, 0.1) is 17.2 Å². The van der Waals surface area contributed by atoms with Gasteiger partial charge >= 0.3 is 0 Å². The molecule has 1 unspecified atom stereocenters. The van der Waals surface area contributed by atoms with Crippen molar-refractivity contribution in [2.75, 3.05) is 0 Å². The molecule has 0 saturated carbocycles. The second-order valence-corrected chi connectivity index (χ2v) is 4.04. The summed E-state index contributed by atoms with van der Waals surface area (Å²) in [5.41, 5.74) is 0.592. The molecule has 0 N–H and O–H groups in total. The predicted octanol–water partition coefficient (Wildman–Crippen LogP) is 2.49. The highest BCUT2D eigenvalue weighted by Crippen LogP contribution is 2.16. The molecule has 0 aliphatic rings. The second kappa shape index (κ2) is 4.93. The quantitative estimate of drug-likeness (QED) is 0.834. The first kappa shape index (κ1) is 11.6. The fourth-order valence-electron chi connectivity index (χ4n) is 1.26. The third-order valence-electron chi connectivity index (χ3n) is 2.13. The number of nitriles is 1. The Bertz CT molecular complexity index is 543. The van der Waals surface area contributed by atoms with Crippen molar-refractivity contribution in [2.24, 2.45) is 5.92 Å². The molecule has 2 heterocycles. The lowest BCUT2D eigenvalue weighted by Gasteiger charge is -1.94. The number of hydrogen-bond acceptors (Lipinski definition) is 5. The Morgan fingerprint density at radius 3 is 3.00 bits per heavy atom. The van der Waals surface area contributed by atoms with E-state index < -0.39 is 0 Å². The first-order valence-electron chi connectivity index (χ1n) is 5.03. The van der Waals surface area contributed by atoms with Gasteiger partial charge in [0.15, 0.2) is 0 Å². The van der Waals surface area contributed by atoms with E-state index >= 15 is 0 Å². The van der Waals surface area contributed by atoms with Crippen LogP contribution in [0.25, 0.3) is 11.5 Å². The van der Waals surface area contributed by atoms with Crippen LogP contribution in [0.1, 0.15) is 12.8 Å². The SMILES string of the molecule is CC(C#N)Cc1nc(-c2ccc(Cl)cn2)no1. The summed E-state index contributed by atoms with van der Waals surface area (Å²) in [7, 11) is 0. The normalized spacial score (nSPS) is 12.1. The van der Waals surface area contributed by atoms with E-state index in [-0.39, 0.29) is 5.92 Å². The molecule has 2 aromatic heterocycles. The Morgan fingerprint density at radius 1 is 1.53 bits per heavy atom. The highest BCUT2D eigenvalue weighted by Gasteiger charge is 2.12. The predicted molar refractivity (Wildman–Crippen MR) is 61.0 cm³/mol. The zero-order valence-corrected chi connectivity index (χ0v) is 9.85. The molecule has 5 nitrogen and oxygen atoms in total.